The van der Waals surface area contributed by atoms with Gasteiger partial charge in [-0.15, -0.1) is 0 Å². The molecule has 0 aliphatic rings. The summed E-state index contributed by atoms with van der Waals surface area (Å²) in [6.45, 7) is 1.22. The first-order valence-corrected chi connectivity index (χ1v) is 5.62. The molecule has 1 aromatic rings. The van der Waals surface area contributed by atoms with Gasteiger partial charge in [-0.2, -0.15) is 0 Å². The predicted molar refractivity (Wildman–Crippen MR) is 67.0 cm³/mol. The quantitative estimate of drug-likeness (QED) is 0.478. The second-order valence-corrected chi connectivity index (χ2v) is 3.92. The van der Waals surface area contributed by atoms with Crippen LogP contribution in [0.2, 0.25) is 5.02 Å². The second-order valence-electron chi connectivity index (χ2n) is 3.48. The largest absolute Gasteiger partial charge is 0.463 e. The summed E-state index contributed by atoms with van der Waals surface area (Å²) < 4.78 is 9.29. The molecule has 0 saturated carbocycles. The molecule has 0 amide bonds. The van der Waals surface area contributed by atoms with Crippen LogP contribution >= 0.6 is 11.6 Å². The molecule has 96 valence electrons. The molecule has 0 heterocycles. The molecule has 0 atom stereocenters. The molecular weight excluding hydrogens is 256 g/mol. The first kappa shape index (κ1) is 14.3. The zero-order valence-electron chi connectivity index (χ0n) is 10.1. The SMILES string of the molecule is COC(=O)C(=CCc1ccc(Cl)cc1)OC(C)=O. The minimum absolute atomic E-state index is 0.111. The molecule has 1 rings (SSSR count). The zero-order valence-corrected chi connectivity index (χ0v) is 10.9. The average Bonchev–Trinajstić information content (AvgIpc) is 2.35. The van der Waals surface area contributed by atoms with E-state index in [-0.39, 0.29) is 5.76 Å². The molecule has 0 radical (unpaired) electrons. The first-order valence-electron chi connectivity index (χ1n) is 5.24. The van der Waals surface area contributed by atoms with Crippen LogP contribution in [0.4, 0.5) is 0 Å². The highest BCUT2D eigenvalue weighted by Gasteiger charge is 2.13. The summed E-state index contributed by atoms with van der Waals surface area (Å²) in [6.07, 6.45) is 1.94. The Labute approximate surface area is 110 Å². The summed E-state index contributed by atoms with van der Waals surface area (Å²) in [7, 11) is 1.22. The van der Waals surface area contributed by atoms with Crippen LogP contribution in [-0.4, -0.2) is 19.0 Å². The van der Waals surface area contributed by atoms with Crippen molar-refractivity contribution in [3.63, 3.8) is 0 Å². The number of rotatable bonds is 4. The van der Waals surface area contributed by atoms with Crippen LogP contribution in [0, 0.1) is 0 Å². The number of hydrogen-bond donors (Lipinski definition) is 0. The van der Waals surface area contributed by atoms with Crippen molar-refractivity contribution in [3.05, 3.63) is 46.7 Å². The smallest absolute Gasteiger partial charge is 0.373 e. The van der Waals surface area contributed by atoms with Crippen molar-refractivity contribution in [2.24, 2.45) is 0 Å². The van der Waals surface area contributed by atoms with Crippen LogP contribution in [0.15, 0.2) is 36.1 Å². The van der Waals surface area contributed by atoms with E-state index in [4.69, 9.17) is 16.3 Å². The third-order valence-electron chi connectivity index (χ3n) is 2.08. The van der Waals surface area contributed by atoms with Crippen molar-refractivity contribution >= 4 is 23.5 Å². The van der Waals surface area contributed by atoms with Gasteiger partial charge in [0.2, 0.25) is 5.76 Å². The van der Waals surface area contributed by atoms with Crippen LogP contribution in [0.5, 0.6) is 0 Å². The molecule has 18 heavy (non-hydrogen) atoms. The van der Waals surface area contributed by atoms with Crippen molar-refractivity contribution in [3.8, 4) is 0 Å². The molecule has 0 aromatic heterocycles. The van der Waals surface area contributed by atoms with Crippen LogP contribution in [0.3, 0.4) is 0 Å². The van der Waals surface area contributed by atoms with E-state index < -0.39 is 11.9 Å². The third-order valence-corrected chi connectivity index (χ3v) is 2.33. The number of methoxy groups -OCH3 is 1. The van der Waals surface area contributed by atoms with Crippen molar-refractivity contribution < 1.29 is 19.1 Å². The van der Waals surface area contributed by atoms with E-state index in [1.54, 1.807) is 12.1 Å². The number of allylic oxidation sites excluding steroid dienone is 1. The molecule has 0 fully saturated rings. The number of carbonyl (C=O) groups is 2. The highest BCUT2D eigenvalue weighted by atomic mass is 35.5. The summed E-state index contributed by atoms with van der Waals surface area (Å²) in [6, 6.07) is 7.13. The monoisotopic (exact) mass is 268 g/mol. The Morgan fingerprint density at radius 3 is 2.39 bits per heavy atom. The standard InChI is InChI=1S/C13H13ClO4/c1-9(15)18-12(13(16)17-2)8-5-10-3-6-11(14)7-4-10/h3-4,6-8H,5H2,1-2H3. The molecule has 1 aromatic carbocycles. The minimum Gasteiger partial charge on any atom is -0.463 e. The summed E-state index contributed by atoms with van der Waals surface area (Å²) in [5, 5.41) is 0.635. The van der Waals surface area contributed by atoms with Gasteiger partial charge in [-0.1, -0.05) is 23.7 Å². The lowest BCUT2D eigenvalue weighted by Crippen LogP contribution is -2.11. The fourth-order valence-corrected chi connectivity index (χ4v) is 1.38. The van der Waals surface area contributed by atoms with Crippen LogP contribution in [-0.2, 0) is 25.5 Å². The number of carbonyl (C=O) groups excluding carboxylic acids is 2. The fourth-order valence-electron chi connectivity index (χ4n) is 1.25. The highest BCUT2D eigenvalue weighted by Crippen LogP contribution is 2.11. The van der Waals surface area contributed by atoms with Gasteiger partial charge in [-0.3, -0.25) is 4.79 Å². The molecule has 0 aliphatic carbocycles. The van der Waals surface area contributed by atoms with E-state index in [1.165, 1.54) is 20.1 Å². The summed E-state index contributed by atoms with van der Waals surface area (Å²) in [5.74, 6) is -1.36. The Balaban J connectivity index is 2.79. The van der Waals surface area contributed by atoms with E-state index in [2.05, 4.69) is 4.74 Å². The van der Waals surface area contributed by atoms with Gasteiger partial charge in [-0.05, 0) is 30.2 Å². The van der Waals surface area contributed by atoms with Crippen molar-refractivity contribution in [1.82, 2.24) is 0 Å². The third kappa shape index (κ3) is 4.59. The van der Waals surface area contributed by atoms with Gasteiger partial charge < -0.3 is 9.47 Å². The van der Waals surface area contributed by atoms with E-state index in [0.29, 0.717) is 11.4 Å². The highest BCUT2D eigenvalue weighted by molar-refractivity contribution is 6.30. The van der Waals surface area contributed by atoms with Gasteiger partial charge in [0.1, 0.15) is 0 Å². The normalized spacial score (nSPS) is 10.9. The molecule has 0 saturated heterocycles. The molecule has 0 spiro atoms. The fraction of sp³-hybridized carbons (Fsp3) is 0.231. The lowest BCUT2D eigenvalue weighted by Gasteiger charge is -2.04. The Hall–Kier alpha value is -1.81. The topological polar surface area (TPSA) is 52.6 Å². The average molecular weight is 269 g/mol. The molecule has 0 bridgehead atoms. The Morgan fingerprint density at radius 1 is 1.28 bits per heavy atom. The van der Waals surface area contributed by atoms with Crippen LogP contribution < -0.4 is 0 Å². The number of esters is 2. The maximum absolute atomic E-state index is 11.3. The molecule has 0 unspecified atom stereocenters. The van der Waals surface area contributed by atoms with Crippen molar-refractivity contribution in [1.29, 1.82) is 0 Å². The number of hydrogen-bond acceptors (Lipinski definition) is 4. The Morgan fingerprint density at radius 2 is 1.89 bits per heavy atom. The Bertz CT molecular complexity index is 462. The van der Waals surface area contributed by atoms with Gasteiger partial charge in [-0.25, -0.2) is 4.79 Å². The van der Waals surface area contributed by atoms with Crippen molar-refractivity contribution in [2.75, 3.05) is 7.11 Å². The lowest BCUT2D eigenvalue weighted by atomic mass is 10.1. The van der Waals surface area contributed by atoms with Crippen LogP contribution in [0.25, 0.3) is 0 Å². The first-order chi connectivity index (χ1) is 8.52. The van der Waals surface area contributed by atoms with E-state index in [0.717, 1.165) is 5.56 Å². The van der Waals surface area contributed by atoms with Gasteiger partial charge >= 0.3 is 11.9 Å². The van der Waals surface area contributed by atoms with Gasteiger partial charge in [0.15, 0.2) is 0 Å². The lowest BCUT2D eigenvalue weighted by molar-refractivity contribution is -0.148. The van der Waals surface area contributed by atoms with Crippen molar-refractivity contribution in [2.45, 2.75) is 13.3 Å². The second kappa shape index (κ2) is 6.81. The molecule has 5 heteroatoms. The maximum Gasteiger partial charge on any atom is 0.373 e. The Kier molecular flexibility index (Phi) is 5.39. The maximum atomic E-state index is 11.3. The van der Waals surface area contributed by atoms with E-state index >= 15 is 0 Å². The summed E-state index contributed by atoms with van der Waals surface area (Å²) >= 11 is 5.76. The van der Waals surface area contributed by atoms with Gasteiger partial charge in [0.25, 0.3) is 0 Å². The molecule has 0 N–H and O–H groups in total. The molecule has 0 aliphatic heterocycles. The molecular formula is C13H13ClO4. The summed E-state index contributed by atoms with van der Waals surface area (Å²) in [4.78, 5) is 22.2. The predicted octanol–water partition coefficient (Wildman–Crippen LogP) is 2.50. The minimum atomic E-state index is -0.681. The molecule has 4 nitrogen and oxygen atoms in total. The van der Waals surface area contributed by atoms with E-state index in [9.17, 15) is 9.59 Å². The van der Waals surface area contributed by atoms with Gasteiger partial charge in [0.05, 0.1) is 7.11 Å². The number of ether oxygens (including phenoxy) is 2. The number of halogens is 1. The van der Waals surface area contributed by atoms with E-state index in [1.807, 2.05) is 12.1 Å². The zero-order chi connectivity index (χ0) is 13.5. The summed E-state index contributed by atoms with van der Waals surface area (Å²) in [5.41, 5.74) is 0.938. The number of benzene rings is 1. The van der Waals surface area contributed by atoms with Crippen LogP contribution in [0.1, 0.15) is 12.5 Å². The van der Waals surface area contributed by atoms with Gasteiger partial charge in [0, 0.05) is 11.9 Å².